The second kappa shape index (κ2) is 4.92. The summed E-state index contributed by atoms with van der Waals surface area (Å²) in [7, 11) is 0. The van der Waals surface area contributed by atoms with E-state index in [2.05, 4.69) is 38.2 Å². The van der Waals surface area contributed by atoms with Gasteiger partial charge in [-0.05, 0) is 36.0 Å². The summed E-state index contributed by atoms with van der Waals surface area (Å²) in [6, 6.07) is 4.12. The van der Waals surface area contributed by atoms with Crippen molar-refractivity contribution in [3.8, 4) is 0 Å². The maximum Gasteiger partial charge on any atom is 0.291 e. The van der Waals surface area contributed by atoms with Crippen molar-refractivity contribution < 1.29 is 9.59 Å². The average Bonchev–Trinajstić information content (AvgIpc) is 2.21. The Labute approximate surface area is 109 Å². The maximum atomic E-state index is 11.4. The Bertz CT molecular complexity index is 473. The van der Waals surface area contributed by atoms with Gasteiger partial charge in [-0.2, -0.15) is 0 Å². The molecule has 18 heavy (non-hydrogen) atoms. The van der Waals surface area contributed by atoms with E-state index in [0.717, 1.165) is 16.8 Å². The summed E-state index contributed by atoms with van der Waals surface area (Å²) in [6.45, 7) is 11.6. The predicted molar refractivity (Wildman–Crippen MR) is 73.9 cm³/mol. The molecule has 0 fully saturated rings. The van der Waals surface area contributed by atoms with Crippen molar-refractivity contribution in [2.45, 2.75) is 47.0 Å². The van der Waals surface area contributed by atoms with E-state index < -0.39 is 11.7 Å². The maximum absolute atomic E-state index is 11.4. The number of benzene rings is 1. The van der Waals surface area contributed by atoms with Gasteiger partial charge in [-0.25, -0.2) is 0 Å². The molecule has 0 aromatic heterocycles. The number of nitrogens with one attached hydrogen (secondary N) is 1. The van der Waals surface area contributed by atoms with Crippen molar-refractivity contribution in [2.75, 3.05) is 5.32 Å². The molecule has 1 aromatic carbocycles. The van der Waals surface area contributed by atoms with Crippen molar-refractivity contribution in [2.24, 2.45) is 0 Å². The number of hydrogen-bond donors (Lipinski definition) is 1. The van der Waals surface area contributed by atoms with Gasteiger partial charge in [0.25, 0.3) is 5.91 Å². The number of amides is 1. The van der Waals surface area contributed by atoms with E-state index >= 15 is 0 Å². The van der Waals surface area contributed by atoms with Crippen LogP contribution in [0.5, 0.6) is 0 Å². The van der Waals surface area contributed by atoms with Crippen molar-refractivity contribution >= 4 is 17.4 Å². The van der Waals surface area contributed by atoms with Gasteiger partial charge < -0.3 is 5.32 Å². The van der Waals surface area contributed by atoms with Crippen LogP contribution in [0.1, 0.15) is 44.4 Å². The third kappa shape index (κ3) is 3.19. The number of rotatable bonds is 2. The highest BCUT2D eigenvalue weighted by Crippen LogP contribution is 2.29. The first kappa shape index (κ1) is 14.4. The molecular weight excluding hydrogens is 226 g/mol. The lowest BCUT2D eigenvalue weighted by Crippen LogP contribution is -2.21. The predicted octanol–water partition coefficient (Wildman–Crippen LogP) is 3.13. The smallest absolute Gasteiger partial charge is 0.291 e. The Kier molecular flexibility index (Phi) is 3.95. The minimum Gasteiger partial charge on any atom is -0.319 e. The van der Waals surface area contributed by atoms with E-state index in [4.69, 9.17) is 0 Å². The monoisotopic (exact) mass is 247 g/mol. The van der Waals surface area contributed by atoms with E-state index in [-0.39, 0.29) is 5.41 Å². The number of carbonyl (C=O) groups excluding carboxylic acids is 2. The van der Waals surface area contributed by atoms with Crippen LogP contribution in [-0.4, -0.2) is 11.7 Å². The number of hydrogen-bond acceptors (Lipinski definition) is 2. The Morgan fingerprint density at radius 1 is 1.06 bits per heavy atom. The first-order valence-corrected chi connectivity index (χ1v) is 6.06. The molecule has 3 nitrogen and oxygen atoms in total. The molecule has 0 saturated heterocycles. The van der Waals surface area contributed by atoms with Crippen molar-refractivity contribution in [3.05, 3.63) is 28.8 Å². The summed E-state index contributed by atoms with van der Waals surface area (Å²) in [4.78, 5) is 22.4. The summed E-state index contributed by atoms with van der Waals surface area (Å²) in [6.07, 6.45) is 0. The first-order valence-electron chi connectivity index (χ1n) is 6.06. The molecule has 0 aliphatic heterocycles. The minimum absolute atomic E-state index is 0.0681. The van der Waals surface area contributed by atoms with Crippen molar-refractivity contribution in [3.63, 3.8) is 0 Å². The zero-order chi connectivity index (χ0) is 14.1. The van der Waals surface area contributed by atoms with Gasteiger partial charge in [0.15, 0.2) is 0 Å². The van der Waals surface area contributed by atoms with Gasteiger partial charge in [0.1, 0.15) is 0 Å². The SMILES string of the molecule is CC(=O)C(=O)Nc1c(C)cc(C(C)(C)C)cc1C. The average molecular weight is 247 g/mol. The normalized spacial score (nSPS) is 11.2. The molecule has 0 saturated carbocycles. The molecule has 0 atom stereocenters. The lowest BCUT2D eigenvalue weighted by Gasteiger charge is -2.22. The number of ketones is 1. The van der Waals surface area contributed by atoms with Crippen LogP contribution in [0.25, 0.3) is 0 Å². The molecular formula is C15H21NO2. The van der Waals surface area contributed by atoms with E-state index in [1.807, 2.05) is 13.8 Å². The summed E-state index contributed by atoms with van der Waals surface area (Å²) in [5, 5.41) is 2.67. The molecule has 98 valence electrons. The van der Waals surface area contributed by atoms with Crippen LogP contribution in [0.3, 0.4) is 0 Å². The summed E-state index contributed by atoms with van der Waals surface area (Å²) in [5.41, 5.74) is 3.99. The van der Waals surface area contributed by atoms with Gasteiger partial charge in [-0.1, -0.05) is 32.9 Å². The Morgan fingerprint density at radius 3 is 1.83 bits per heavy atom. The number of anilines is 1. The van der Waals surface area contributed by atoms with Gasteiger partial charge in [0, 0.05) is 12.6 Å². The Hall–Kier alpha value is -1.64. The molecule has 0 spiro atoms. The summed E-state index contributed by atoms with van der Waals surface area (Å²) < 4.78 is 0. The quantitative estimate of drug-likeness (QED) is 0.816. The molecule has 1 N–H and O–H groups in total. The topological polar surface area (TPSA) is 46.2 Å². The molecule has 0 radical (unpaired) electrons. The number of Topliss-reactive ketones (excluding diaryl/α,β-unsaturated/α-hetero) is 1. The van der Waals surface area contributed by atoms with Crippen LogP contribution in [0.15, 0.2) is 12.1 Å². The number of aryl methyl sites for hydroxylation is 2. The van der Waals surface area contributed by atoms with Crippen LogP contribution in [0.2, 0.25) is 0 Å². The lowest BCUT2D eigenvalue weighted by atomic mass is 9.85. The van der Waals surface area contributed by atoms with E-state index in [1.165, 1.54) is 12.5 Å². The Morgan fingerprint density at radius 2 is 1.50 bits per heavy atom. The van der Waals surface area contributed by atoms with Gasteiger partial charge in [0.05, 0.1) is 0 Å². The molecule has 0 bridgehead atoms. The fourth-order valence-corrected chi connectivity index (χ4v) is 1.80. The fourth-order valence-electron chi connectivity index (χ4n) is 1.80. The van der Waals surface area contributed by atoms with Crippen LogP contribution >= 0.6 is 0 Å². The second-order valence-corrected chi connectivity index (χ2v) is 5.75. The molecule has 0 aliphatic carbocycles. The fraction of sp³-hybridized carbons (Fsp3) is 0.467. The second-order valence-electron chi connectivity index (χ2n) is 5.75. The van der Waals surface area contributed by atoms with E-state index in [9.17, 15) is 9.59 Å². The first-order chi connectivity index (χ1) is 8.12. The molecule has 3 heteroatoms. The summed E-state index contributed by atoms with van der Waals surface area (Å²) >= 11 is 0. The van der Waals surface area contributed by atoms with Gasteiger partial charge in [0.2, 0.25) is 5.78 Å². The molecule has 1 rings (SSSR count). The zero-order valence-corrected chi connectivity index (χ0v) is 12.0. The van der Waals surface area contributed by atoms with Gasteiger partial charge >= 0.3 is 0 Å². The van der Waals surface area contributed by atoms with Crippen LogP contribution in [0, 0.1) is 13.8 Å². The highest BCUT2D eigenvalue weighted by molar-refractivity contribution is 6.39. The van der Waals surface area contributed by atoms with Crippen molar-refractivity contribution in [1.82, 2.24) is 0 Å². The third-order valence-electron chi connectivity index (χ3n) is 2.96. The standard InChI is InChI=1S/C15H21NO2/c1-9-7-12(15(4,5)6)8-10(2)13(9)16-14(18)11(3)17/h7-8H,1-6H3,(H,16,18). The van der Waals surface area contributed by atoms with Gasteiger partial charge in [-0.15, -0.1) is 0 Å². The highest BCUT2D eigenvalue weighted by Gasteiger charge is 2.17. The third-order valence-corrected chi connectivity index (χ3v) is 2.96. The molecule has 1 amide bonds. The van der Waals surface area contributed by atoms with Crippen LogP contribution in [-0.2, 0) is 15.0 Å². The van der Waals surface area contributed by atoms with E-state index in [1.54, 1.807) is 0 Å². The Balaban J connectivity index is 3.17. The van der Waals surface area contributed by atoms with Crippen molar-refractivity contribution in [1.29, 1.82) is 0 Å². The minimum atomic E-state index is -0.565. The largest absolute Gasteiger partial charge is 0.319 e. The van der Waals surface area contributed by atoms with Gasteiger partial charge in [-0.3, -0.25) is 9.59 Å². The molecule has 0 unspecified atom stereocenters. The summed E-state index contributed by atoms with van der Waals surface area (Å²) in [5.74, 6) is -1.04. The van der Waals surface area contributed by atoms with Crippen LogP contribution < -0.4 is 5.32 Å². The zero-order valence-electron chi connectivity index (χ0n) is 12.0. The lowest BCUT2D eigenvalue weighted by molar-refractivity contribution is -0.133. The number of carbonyl (C=O) groups is 2. The highest BCUT2D eigenvalue weighted by atomic mass is 16.2. The molecule has 1 aromatic rings. The van der Waals surface area contributed by atoms with Crippen LogP contribution in [0.4, 0.5) is 5.69 Å². The molecule has 0 aliphatic rings. The van der Waals surface area contributed by atoms with E-state index in [0.29, 0.717) is 0 Å². The molecule has 0 heterocycles.